The second kappa shape index (κ2) is 6.42. The minimum Gasteiger partial charge on any atom is -0.464 e. The summed E-state index contributed by atoms with van der Waals surface area (Å²) in [5, 5.41) is 0. The maximum absolute atomic E-state index is 11.7. The van der Waals surface area contributed by atoms with E-state index in [2.05, 4.69) is 14.7 Å². The normalized spacial score (nSPS) is 9.85. The van der Waals surface area contributed by atoms with Crippen LogP contribution in [0, 0.1) is 0 Å². The molecule has 2 rings (SSSR count). The first-order valence-corrected chi connectivity index (χ1v) is 5.82. The van der Waals surface area contributed by atoms with Crippen molar-refractivity contribution in [3.8, 4) is 0 Å². The van der Waals surface area contributed by atoms with Crippen molar-refractivity contribution in [3.05, 3.63) is 59.7 Å². The van der Waals surface area contributed by atoms with Crippen LogP contribution in [0.25, 0.3) is 0 Å². The van der Waals surface area contributed by atoms with Crippen LogP contribution in [0.15, 0.2) is 42.7 Å². The van der Waals surface area contributed by atoms with Gasteiger partial charge in [0.15, 0.2) is 5.69 Å². The molecular formula is C14H12N2O4. The quantitative estimate of drug-likeness (QED) is 0.787. The maximum Gasteiger partial charge on any atom is 0.357 e. The van der Waals surface area contributed by atoms with E-state index in [0.717, 1.165) is 0 Å². The van der Waals surface area contributed by atoms with Crippen molar-refractivity contribution in [3.63, 3.8) is 0 Å². The Labute approximate surface area is 115 Å². The van der Waals surface area contributed by atoms with Gasteiger partial charge in [-0.2, -0.15) is 0 Å². The number of ether oxygens (including phenoxy) is 2. The number of methoxy groups -OCH3 is 1. The van der Waals surface area contributed by atoms with Crippen molar-refractivity contribution in [2.45, 2.75) is 6.61 Å². The fourth-order valence-corrected chi connectivity index (χ4v) is 1.54. The van der Waals surface area contributed by atoms with Crippen molar-refractivity contribution < 1.29 is 19.1 Å². The molecule has 0 saturated carbocycles. The summed E-state index contributed by atoms with van der Waals surface area (Å²) >= 11 is 0. The van der Waals surface area contributed by atoms with Crippen LogP contribution in [-0.2, 0) is 16.1 Å². The van der Waals surface area contributed by atoms with E-state index in [1.165, 1.54) is 19.5 Å². The van der Waals surface area contributed by atoms with Crippen molar-refractivity contribution in [2.75, 3.05) is 7.11 Å². The average molecular weight is 272 g/mol. The van der Waals surface area contributed by atoms with Crippen LogP contribution in [0.3, 0.4) is 0 Å². The van der Waals surface area contributed by atoms with Gasteiger partial charge in [-0.3, -0.25) is 0 Å². The fraction of sp³-hybridized carbons (Fsp3) is 0.143. The molecule has 20 heavy (non-hydrogen) atoms. The molecule has 6 nitrogen and oxygen atoms in total. The number of rotatable bonds is 4. The molecule has 0 aliphatic carbocycles. The third-order valence-corrected chi connectivity index (χ3v) is 2.50. The number of aromatic nitrogens is 2. The summed E-state index contributed by atoms with van der Waals surface area (Å²) in [5.41, 5.74) is 0.809. The summed E-state index contributed by atoms with van der Waals surface area (Å²) in [7, 11) is 1.26. The molecular weight excluding hydrogens is 260 g/mol. The second-order valence-electron chi connectivity index (χ2n) is 3.79. The van der Waals surface area contributed by atoms with Crippen molar-refractivity contribution in [1.29, 1.82) is 0 Å². The topological polar surface area (TPSA) is 78.4 Å². The molecule has 0 spiro atoms. The number of esters is 2. The summed E-state index contributed by atoms with van der Waals surface area (Å²) in [6.45, 7) is -0.0757. The van der Waals surface area contributed by atoms with Gasteiger partial charge < -0.3 is 9.47 Å². The Morgan fingerprint density at radius 3 is 2.55 bits per heavy atom. The van der Waals surface area contributed by atoms with E-state index < -0.39 is 11.9 Å². The lowest BCUT2D eigenvalue weighted by Crippen LogP contribution is -2.12. The molecule has 0 saturated heterocycles. The van der Waals surface area contributed by atoms with E-state index in [-0.39, 0.29) is 18.0 Å². The average Bonchev–Trinajstić information content (AvgIpc) is 2.53. The highest BCUT2D eigenvalue weighted by atomic mass is 16.5. The summed E-state index contributed by atoms with van der Waals surface area (Å²) < 4.78 is 9.71. The smallest absolute Gasteiger partial charge is 0.357 e. The Hall–Kier alpha value is -2.76. The Balaban J connectivity index is 2.08. The zero-order valence-corrected chi connectivity index (χ0v) is 10.8. The molecule has 0 aliphatic rings. The highest BCUT2D eigenvalue weighted by Gasteiger charge is 2.15. The Morgan fingerprint density at radius 2 is 1.85 bits per heavy atom. The highest BCUT2D eigenvalue weighted by molar-refractivity contribution is 5.89. The van der Waals surface area contributed by atoms with Gasteiger partial charge >= 0.3 is 11.9 Å². The number of hydrogen-bond donors (Lipinski definition) is 0. The fourth-order valence-electron chi connectivity index (χ4n) is 1.54. The lowest BCUT2D eigenvalue weighted by Gasteiger charge is -2.07. The lowest BCUT2D eigenvalue weighted by molar-refractivity contribution is 0.0453. The molecule has 0 unspecified atom stereocenters. The van der Waals surface area contributed by atoms with Gasteiger partial charge in [0, 0.05) is 18.0 Å². The van der Waals surface area contributed by atoms with Crippen LogP contribution in [0.2, 0.25) is 0 Å². The molecule has 6 heteroatoms. The van der Waals surface area contributed by atoms with Crippen LogP contribution in [-0.4, -0.2) is 29.0 Å². The van der Waals surface area contributed by atoms with Crippen LogP contribution in [0.5, 0.6) is 0 Å². The molecule has 0 aromatic carbocycles. The van der Waals surface area contributed by atoms with Crippen LogP contribution in [0.4, 0.5) is 0 Å². The van der Waals surface area contributed by atoms with Crippen LogP contribution >= 0.6 is 0 Å². The van der Waals surface area contributed by atoms with Gasteiger partial charge in [0.05, 0.1) is 7.11 Å². The number of carbonyl (C=O) groups excluding carboxylic acids is 2. The Kier molecular flexibility index (Phi) is 4.39. The van der Waals surface area contributed by atoms with E-state index in [1.54, 1.807) is 30.3 Å². The predicted octanol–water partition coefficient (Wildman–Crippen LogP) is 1.62. The first-order chi connectivity index (χ1) is 9.72. The monoisotopic (exact) mass is 272 g/mol. The summed E-state index contributed by atoms with van der Waals surface area (Å²) in [6.07, 6.45) is 2.97. The molecule has 0 radical (unpaired) electrons. The number of carbonyl (C=O) groups is 2. The first-order valence-electron chi connectivity index (χ1n) is 5.82. The first kappa shape index (κ1) is 13.7. The van der Waals surface area contributed by atoms with Gasteiger partial charge in [0.1, 0.15) is 12.3 Å². The summed E-state index contributed by atoms with van der Waals surface area (Å²) in [4.78, 5) is 31.1. The highest BCUT2D eigenvalue weighted by Crippen LogP contribution is 2.09. The third kappa shape index (κ3) is 3.17. The number of nitrogens with zero attached hydrogens (tertiary/aromatic N) is 2. The second-order valence-corrected chi connectivity index (χ2v) is 3.79. The molecule has 2 aromatic heterocycles. The van der Waals surface area contributed by atoms with Crippen molar-refractivity contribution in [1.82, 2.24) is 9.97 Å². The van der Waals surface area contributed by atoms with E-state index in [4.69, 9.17) is 4.74 Å². The SMILES string of the molecule is COC(=O)c1ncccc1COC(=O)c1ccccn1. The molecule has 0 bridgehead atoms. The molecule has 102 valence electrons. The van der Waals surface area contributed by atoms with E-state index in [1.807, 2.05) is 0 Å². The predicted molar refractivity (Wildman–Crippen MR) is 68.9 cm³/mol. The van der Waals surface area contributed by atoms with E-state index in [0.29, 0.717) is 5.56 Å². The summed E-state index contributed by atoms with van der Waals surface area (Å²) in [5.74, 6) is -1.14. The summed E-state index contributed by atoms with van der Waals surface area (Å²) in [6, 6.07) is 8.23. The largest absolute Gasteiger partial charge is 0.464 e. The Morgan fingerprint density at radius 1 is 1.05 bits per heavy atom. The molecule has 0 fully saturated rings. The Bertz CT molecular complexity index is 614. The van der Waals surface area contributed by atoms with Crippen molar-refractivity contribution in [2.24, 2.45) is 0 Å². The maximum atomic E-state index is 11.7. The van der Waals surface area contributed by atoms with Crippen molar-refractivity contribution >= 4 is 11.9 Å². The lowest BCUT2D eigenvalue weighted by atomic mass is 10.2. The van der Waals surface area contributed by atoms with Crippen LogP contribution in [0.1, 0.15) is 26.5 Å². The minimum absolute atomic E-state index is 0.0757. The molecule has 2 heterocycles. The molecule has 2 aromatic rings. The standard InChI is InChI=1S/C14H12N2O4/c1-19-14(18)12-10(5-4-8-16-12)9-20-13(17)11-6-2-3-7-15-11/h2-8H,9H2,1H3. The minimum atomic E-state index is -0.575. The van der Waals surface area contributed by atoms with Gasteiger partial charge in [0.25, 0.3) is 0 Å². The molecule has 0 N–H and O–H groups in total. The van der Waals surface area contributed by atoms with E-state index in [9.17, 15) is 9.59 Å². The van der Waals surface area contributed by atoms with Gasteiger partial charge in [-0.05, 0) is 18.2 Å². The van der Waals surface area contributed by atoms with Crippen LogP contribution < -0.4 is 0 Å². The molecule has 0 amide bonds. The van der Waals surface area contributed by atoms with Gasteiger partial charge in [-0.25, -0.2) is 19.6 Å². The number of hydrogen-bond acceptors (Lipinski definition) is 6. The van der Waals surface area contributed by atoms with Gasteiger partial charge in [-0.1, -0.05) is 12.1 Å². The van der Waals surface area contributed by atoms with E-state index >= 15 is 0 Å². The van der Waals surface area contributed by atoms with Gasteiger partial charge in [0.2, 0.25) is 0 Å². The zero-order valence-electron chi connectivity index (χ0n) is 10.8. The molecule has 0 aliphatic heterocycles. The number of pyridine rings is 2. The molecule has 0 atom stereocenters. The zero-order chi connectivity index (χ0) is 14.4. The third-order valence-electron chi connectivity index (χ3n) is 2.50. The van der Waals surface area contributed by atoms with Gasteiger partial charge in [-0.15, -0.1) is 0 Å².